The van der Waals surface area contributed by atoms with Crippen LogP contribution in [0.25, 0.3) is 11.5 Å². The van der Waals surface area contributed by atoms with E-state index < -0.39 is 5.91 Å². The van der Waals surface area contributed by atoms with Crippen LogP contribution in [0.2, 0.25) is 0 Å². The first-order chi connectivity index (χ1) is 16.4. The van der Waals surface area contributed by atoms with Gasteiger partial charge in [-0.3, -0.25) is 19.6 Å². The van der Waals surface area contributed by atoms with Crippen molar-refractivity contribution in [2.24, 2.45) is 10.9 Å². The number of amides is 2. The Hall–Kier alpha value is -4.21. The zero-order chi connectivity index (χ0) is 24.1. The van der Waals surface area contributed by atoms with E-state index in [2.05, 4.69) is 25.6 Å². The van der Waals surface area contributed by atoms with Crippen molar-refractivity contribution in [3.63, 3.8) is 0 Å². The third kappa shape index (κ3) is 5.22. The Morgan fingerprint density at radius 1 is 1.41 bits per heavy atom. The summed E-state index contributed by atoms with van der Waals surface area (Å²) in [6.07, 6.45) is 6.09. The van der Waals surface area contributed by atoms with Crippen molar-refractivity contribution in [3.8, 4) is 17.2 Å². The molecule has 1 atom stereocenters. The lowest BCUT2D eigenvalue weighted by Crippen LogP contribution is -2.19. The quantitative estimate of drug-likeness (QED) is 0.345. The van der Waals surface area contributed by atoms with Crippen LogP contribution in [-0.2, 0) is 4.79 Å². The van der Waals surface area contributed by atoms with Gasteiger partial charge in [-0.25, -0.2) is 4.98 Å². The number of nitrogens with one attached hydrogen (secondary N) is 2. The van der Waals surface area contributed by atoms with Gasteiger partial charge in [-0.05, 0) is 38.0 Å². The van der Waals surface area contributed by atoms with Gasteiger partial charge in [0.2, 0.25) is 11.8 Å². The molecule has 0 aliphatic carbocycles. The number of carbonyl (C=O) groups excluding carboxylic acids is 2. The van der Waals surface area contributed by atoms with Crippen LogP contribution in [0.5, 0.6) is 5.75 Å². The summed E-state index contributed by atoms with van der Waals surface area (Å²) >= 11 is 0. The third-order valence-corrected chi connectivity index (χ3v) is 5.53. The summed E-state index contributed by atoms with van der Waals surface area (Å²) in [4.78, 5) is 37.3. The molecule has 0 radical (unpaired) electrons. The lowest BCUT2D eigenvalue weighted by Gasteiger charge is -2.12. The summed E-state index contributed by atoms with van der Waals surface area (Å²) in [5, 5.41) is 5.62. The highest BCUT2D eigenvalue weighted by Crippen LogP contribution is 2.30. The van der Waals surface area contributed by atoms with Gasteiger partial charge in [0, 0.05) is 60.0 Å². The molecule has 1 fully saturated rings. The van der Waals surface area contributed by atoms with E-state index in [1.165, 1.54) is 13.4 Å². The van der Waals surface area contributed by atoms with Crippen LogP contribution in [0.3, 0.4) is 0 Å². The number of hydrogen-bond acceptors (Lipinski definition) is 8. The van der Waals surface area contributed by atoms with Gasteiger partial charge >= 0.3 is 0 Å². The van der Waals surface area contributed by atoms with Gasteiger partial charge in [-0.2, -0.15) is 0 Å². The molecule has 4 rings (SSSR count). The average Bonchev–Trinajstić information content (AvgIpc) is 3.48. The molecule has 1 aromatic carbocycles. The van der Waals surface area contributed by atoms with E-state index >= 15 is 0 Å². The molecule has 2 aromatic heterocycles. The SMILES string of the molecule is COc1cc(N)c(C=NCCC2CCNC2=O)cc1NC(=O)c1coc(-c2ccnc(C)c2)n1. The minimum absolute atomic E-state index is 0.00336. The number of aromatic nitrogens is 2. The Bertz CT molecular complexity index is 1240. The number of aliphatic imine (C=N–C) groups is 1. The summed E-state index contributed by atoms with van der Waals surface area (Å²) < 4.78 is 10.9. The molecule has 2 amide bonds. The molecule has 10 heteroatoms. The van der Waals surface area contributed by atoms with Crippen LogP contribution < -0.4 is 21.1 Å². The lowest BCUT2D eigenvalue weighted by molar-refractivity contribution is -0.122. The number of methoxy groups -OCH3 is 1. The second-order valence-electron chi connectivity index (χ2n) is 7.96. The van der Waals surface area contributed by atoms with E-state index in [4.69, 9.17) is 14.9 Å². The van der Waals surface area contributed by atoms with Crippen molar-refractivity contribution in [2.75, 3.05) is 31.2 Å². The molecule has 1 aliphatic heterocycles. The highest BCUT2D eigenvalue weighted by atomic mass is 16.5. The van der Waals surface area contributed by atoms with Crippen LogP contribution in [0, 0.1) is 12.8 Å². The molecule has 1 unspecified atom stereocenters. The van der Waals surface area contributed by atoms with Crippen molar-refractivity contribution in [2.45, 2.75) is 19.8 Å². The van der Waals surface area contributed by atoms with E-state index in [9.17, 15) is 9.59 Å². The summed E-state index contributed by atoms with van der Waals surface area (Å²) in [5.74, 6) is 0.352. The number of anilines is 2. The lowest BCUT2D eigenvalue weighted by atomic mass is 10.0. The summed E-state index contributed by atoms with van der Waals surface area (Å²) in [7, 11) is 1.49. The third-order valence-electron chi connectivity index (χ3n) is 5.53. The first-order valence-corrected chi connectivity index (χ1v) is 10.9. The molecule has 1 aliphatic rings. The Balaban J connectivity index is 1.47. The van der Waals surface area contributed by atoms with Crippen molar-refractivity contribution in [1.82, 2.24) is 15.3 Å². The highest BCUT2D eigenvalue weighted by Gasteiger charge is 2.23. The second kappa shape index (κ2) is 10.2. The van der Waals surface area contributed by atoms with Crippen molar-refractivity contribution in [1.29, 1.82) is 0 Å². The smallest absolute Gasteiger partial charge is 0.277 e. The maximum Gasteiger partial charge on any atom is 0.277 e. The zero-order valence-corrected chi connectivity index (χ0v) is 19.0. The van der Waals surface area contributed by atoms with Crippen LogP contribution in [0.15, 0.2) is 46.1 Å². The monoisotopic (exact) mass is 462 g/mol. The number of nitrogen functional groups attached to an aromatic ring is 1. The Morgan fingerprint density at radius 3 is 3.00 bits per heavy atom. The average molecular weight is 463 g/mol. The number of hydrogen-bond donors (Lipinski definition) is 3. The van der Waals surface area contributed by atoms with Gasteiger partial charge < -0.3 is 25.5 Å². The number of carbonyl (C=O) groups is 2. The fraction of sp³-hybridized carbons (Fsp3) is 0.292. The van der Waals surface area contributed by atoms with Crippen LogP contribution >= 0.6 is 0 Å². The van der Waals surface area contributed by atoms with E-state index in [-0.39, 0.29) is 17.5 Å². The first kappa shape index (κ1) is 23.0. The Labute approximate surface area is 196 Å². The minimum Gasteiger partial charge on any atom is -0.494 e. The molecule has 34 heavy (non-hydrogen) atoms. The Morgan fingerprint density at radius 2 is 2.26 bits per heavy atom. The van der Waals surface area contributed by atoms with Crippen molar-refractivity contribution < 1.29 is 18.7 Å². The molecule has 10 nitrogen and oxygen atoms in total. The number of rotatable bonds is 8. The molecular formula is C24H26N6O4. The molecule has 4 N–H and O–H groups in total. The predicted octanol–water partition coefficient (Wildman–Crippen LogP) is 2.83. The maximum atomic E-state index is 12.8. The van der Waals surface area contributed by atoms with E-state index in [1.807, 2.05) is 13.0 Å². The van der Waals surface area contributed by atoms with Gasteiger partial charge in [0.1, 0.15) is 12.0 Å². The van der Waals surface area contributed by atoms with Gasteiger partial charge in [-0.1, -0.05) is 0 Å². The summed E-state index contributed by atoms with van der Waals surface area (Å²) in [6, 6.07) is 6.88. The normalized spacial score (nSPS) is 15.5. The number of aryl methyl sites for hydroxylation is 1. The molecule has 0 spiro atoms. The molecular weight excluding hydrogens is 436 g/mol. The number of nitrogens with zero attached hydrogens (tertiary/aromatic N) is 3. The van der Waals surface area contributed by atoms with Gasteiger partial charge in [0.15, 0.2) is 5.69 Å². The second-order valence-corrected chi connectivity index (χ2v) is 7.96. The van der Waals surface area contributed by atoms with Crippen LogP contribution in [0.1, 0.15) is 34.6 Å². The van der Waals surface area contributed by atoms with Gasteiger partial charge in [-0.15, -0.1) is 0 Å². The largest absolute Gasteiger partial charge is 0.494 e. The minimum atomic E-state index is -0.459. The first-order valence-electron chi connectivity index (χ1n) is 10.9. The molecule has 1 saturated heterocycles. The number of nitrogens with two attached hydrogens (primary N) is 1. The maximum absolute atomic E-state index is 12.8. The zero-order valence-electron chi connectivity index (χ0n) is 19.0. The van der Waals surface area contributed by atoms with Crippen molar-refractivity contribution >= 4 is 29.4 Å². The Kier molecular flexibility index (Phi) is 6.86. The molecule has 0 saturated carbocycles. The van der Waals surface area contributed by atoms with Crippen molar-refractivity contribution in [3.05, 3.63) is 53.7 Å². The number of oxazole rings is 1. The topological polar surface area (TPSA) is 145 Å². The summed E-state index contributed by atoms with van der Waals surface area (Å²) in [5.41, 5.74) is 9.29. The molecule has 0 bridgehead atoms. The van der Waals surface area contributed by atoms with E-state index in [0.29, 0.717) is 41.5 Å². The molecule has 176 valence electrons. The fourth-order valence-electron chi connectivity index (χ4n) is 3.68. The molecule has 3 aromatic rings. The van der Waals surface area contributed by atoms with E-state index in [0.717, 1.165) is 24.2 Å². The standard InChI is InChI=1S/C24H26N6O4/c1-14-9-16(5-7-27-14)24-30-20(13-34-24)23(32)29-19-10-17(18(25)11-21(19)33-2)12-26-6-3-15-4-8-28-22(15)31/h5,7,9-13,15H,3-4,6,8,25H2,1-2H3,(H,28,31)(H,29,32). The van der Waals surface area contributed by atoms with Gasteiger partial charge in [0.05, 0.1) is 12.8 Å². The number of ether oxygens (including phenoxy) is 1. The van der Waals surface area contributed by atoms with Crippen LogP contribution in [-0.4, -0.2) is 48.2 Å². The molecule has 3 heterocycles. The van der Waals surface area contributed by atoms with E-state index in [1.54, 1.807) is 30.6 Å². The number of pyridine rings is 1. The van der Waals surface area contributed by atoms with Gasteiger partial charge in [0.25, 0.3) is 5.91 Å². The predicted molar refractivity (Wildman–Crippen MR) is 128 cm³/mol. The fourth-order valence-corrected chi connectivity index (χ4v) is 3.68. The highest BCUT2D eigenvalue weighted by molar-refractivity contribution is 6.04. The van der Waals surface area contributed by atoms with Crippen LogP contribution in [0.4, 0.5) is 11.4 Å². The number of benzene rings is 1. The summed E-state index contributed by atoms with van der Waals surface area (Å²) in [6.45, 7) is 3.08.